The number of aryl methyl sites for hydroxylation is 1. The standard InChI is InChI=1S/C16H17N3O2/c1-21-13-9-12(10-17-11-13)19-15-6-3-2-5-14(15)18-16(19)7-4-8-20/h2-3,5-6,9-11,20H,4,7-8H2,1H3. The molecule has 0 radical (unpaired) electrons. The fourth-order valence-electron chi connectivity index (χ4n) is 2.41. The second-order valence-corrected chi connectivity index (χ2v) is 4.76. The van der Waals surface area contributed by atoms with Crippen molar-refractivity contribution in [2.75, 3.05) is 13.7 Å². The number of hydrogen-bond acceptors (Lipinski definition) is 4. The first-order valence-corrected chi connectivity index (χ1v) is 6.90. The molecule has 21 heavy (non-hydrogen) atoms. The number of imidazole rings is 1. The Morgan fingerprint density at radius 2 is 2.10 bits per heavy atom. The number of hydrogen-bond donors (Lipinski definition) is 1. The van der Waals surface area contributed by atoms with Gasteiger partial charge in [-0.15, -0.1) is 0 Å². The highest BCUT2D eigenvalue weighted by Gasteiger charge is 2.12. The van der Waals surface area contributed by atoms with Gasteiger partial charge in [-0.2, -0.15) is 0 Å². The van der Waals surface area contributed by atoms with Crippen molar-refractivity contribution in [1.29, 1.82) is 0 Å². The topological polar surface area (TPSA) is 60.2 Å². The Kier molecular flexibility index (Phi) is 3.83. The average Bonchev–Trinajstić information content (AvgIpc) is 2.91. The van der Waals surface area contributed by atoms with Crippen LogP contribution in [0.3, 0.4) is 0 Å². The summed E-state index contributed by atoms with van der Waals surface area (Å²) in [5, 5.41) is 9.08. The molecule has 2 heterocycles. The summed E-state index contributed by atoms with van der Waals surface area (Å²) in [6.45, 7) is 0.152. The van der Waals surface area contributed by atoms with Crippen molar-refractivity contribution in [3.63, 3.8) is 0 Å². The lowest BCUT2D eigenvalue weighted by molar-refractivity contribution is 0.287. The van der Waals surface area contributed by atoms with E-state index >= 15 is 0 Å². The van der Waals surface area contributed by atoms with E-state index in [4.69, 9.17) is 9.84 Å². The number of aromatic nitrogens is 3. The third-order valence-corrected chi connectivity index (χ3v) is 3.38. The summed E-state index contributed by atoms with van der Waals surface area (Å²) in [5.41, 5.74) is 2.88. The molecular formula is C16H17N3O2. The van der Waals surface area contributed by atoms with Gasteiger partial charge < -0.3 is 9.84 Å². The van der Waals surface area contributed by atoms with E-state index in [0.717, 1.165) is 22.5 Å². The van der Waals surface area contributed by atoms with E-state index in [2.05, 4.69) is 14.5 Å². The van der Waals surface area contributed by atoms with Crippen molar-refractivity contribution in [3.05, 3.63) is 48.5 Å². The number of nitrogens with zero attached hydrogens (tertiary/aromatic N) is 3. The normalized spacial score (nSPS) is 11.0. The molecule has 0 amide bonds. The zero-order valence-electron chi connectivity index (χ0n) is 11.9. The van der Waals surface area contributed by atoms with Gasteiger partial charge in [0.05, 0.1) is 36.2 Å². The van der Waals surface area contributed by atoms with Crippen molar-refractivity contribution in [1.82, 2.24) is 14.5 Å². The molecule has 1 N–H and O–H groups in total. The Labute approximate surface area is 122 Å². The van der Waals surface area contributed by atoms with Crippen LogP contribution in [0.5, 0.6) is 5.75 Å². The lowest BCUT2D eigenvalue weighted by atomic mass is 10.3. The van der Waals surface area contributed by atoms with E-state index in [9.17, 15) is 0 Å². The van der Waals surface area contributed by atoms with Crippen molar-refractivity contribution < 1.29 is 9.84 Å². The predicted octanol–water partition coefficient (Wildman–Crippen LogP) is 2.35. The zero-order valence-corrected chi connectivity index (χ0v) is 11.9. The second-order valence-electron chi connectivity index (χ2n) is 4.76. The van der Waals surface area contributed by atoms with E-state index in [1.54, 1.807) is 19.5 Å². The minimum Gasteiger partial charge on any atom is -0.495 e. The van der Waals surface area contributed by atoms with Crippen LogP contribution in [-0.2, 0) is 6.42 Å². The van der Waals surface area contributed by atoms with Gasteiger partial charge in [-0.3, -0.25) is 9.55 Å². The molecule has 2 aromatic heterocycles. The van der Waals surface area contributed by atoms with Crippen LogP contribution in [0.4, 0.5) is 0 Å². The van der Waals surface area contributed by atoms with Crippen LogP contribution in [0, 0.1) is 0 Å². The molecule has 0 saturated carbocycles. The van der Waals surface area contributed by atoms with E-state index in [-0.39, 0.29) is 6.61 Å². The van der Waals surface area contributed by atoms with Gasteiger partial charge in [0.2, 0.25) is 0 Å². The summed E-state index contributed by atoms with van der Waals surface area (Å²) in [6, 6.07) is 9.92. The first kappa shape index (κ1) is 13.6. The summed E-state index contributed by atoms with van der Waals surface area (Å²) < 4.78 is 7.32. The van der Waals surface area contributed by atoms with E-state index in [0.29, 0.717) is 18.6 Å². The number of ether oxygens (including phenoxy) is 1. The van der Waals surface area contributed by atoms with E-state index in [1.807, 2.05) is 30.3 Å². The van der Waals surface area contributed by atoms with Gasteiger partial charge in [0.15, 0.2) is 0 Å². The molecule has 0 spiro atoms. The molecule has 1 aromatic carbocycles. The Morgan fingerprint density at radius 1 is 1.24 bits per heavy atom. The molecule has 0 unspecified atom stereocenters. The van der Waals surface area contributed by atoms with Crippen LogP contribution in [0.25, 0.3) is 16.7 Å². The van der Waals surface area contributed by atoms with Gasteiger partial charge in [-0.1, -0.05) is 12.1 Å². The summed E-state index contributed by atoms with van der Waals surface area (Å²) in [7, 11) is 1.62. The Hall–Kier alpha value is -2.40. The second kappa shape index (κ2) is 5.93. The largest absolute Gasteiger partial charge is 0.495 e. The number of pyridine rings is 1. The van der Waals surface area contributed by atoms with Crippen molar-refractivity contribution in [2.45, 2.75) is 12.8 Å². The molecule has 5 nitrogen and oxygen atoms in total. The molecule has 0 aliphatic heterocycles. The monoisotopic (exact) mass is 283 g/mol. The van der Waals surface area contributed by atoms with E-state index in [1.165, 1.54) is 0 Å². The van der Waals surface area contributed by atoms with Crippen LogP contribution in [0.2, 0.25) is 0 Å². The maximum Gasteiger partial charge on any atom is 0.139 e. The van der Waals surface area contributed by atoms with Gasteiger partial charge >= 0.3 is 0 Å². The fraction of sp³-hybridized carbons (Fsp3) is 0.250. The maximum atomic E-state index is 9.08. The summed E-state index contributed by atoms with van der Waals surface area (Å²) in [4.78, 5) is 8.88. The number of para-hydroxylation sites is 2. The van der Waals surface area contributed by atoms with Crippen LogP contribution in [0.1, 0.15) is 12.2 Å². The summed E-state index contributed by atoms with van der Waals surface area (Å²) in [6.07, 6.45) is 4.86. The highest BCUT2D eigenvalue weighted by molar-refractivity contribution is 5.78. The maximum absolute atomic E-state index is 9.08. The molecule has 108 valence electrons. The average molecular weight is 283 g/mol. The van der Waals surface area contributed by atoms with Crippen LogP contribution in [-0.4, -0.2) is 33.4 Å². The highest BCUT2D eigenvalue weighted by Crippen LogP contribution is 2.24. The van der Waals surface area contributed by atoms with Crippen LogP contribution in [0.15, 0.2) is 42.7 Å². The molecule has 3 aromatic rings. The molecular weight excluding hydrogens is 266 g/mol. The summed E-state index contributed by atoms with van der Waals surface area (Å²) in [5.74, 6) is 1.62. The third kappa shape index (κ3) is 2.60. The Bertz CT molecular complexity index is 752. The fourth-order valence-corrected chi connectivity index (χ4v) is 2.41. The van der Waals surface area contributed by atoms with Crippen molar-refractivity contribution in [3.8, 4) is 11.4 Å². The van der Waals surface area contributed by atoms with Crippen LogP contribution < -0.4 is 4.74 Å². The van der Waals surface area contributed by atoms with Crippen molar-refractivity contribution >= 4 is 11.0 Å². The predicted molar refractivity (Wildman–Crippen MR) is 80.8 cm³/mol. The summed E-state index contributed by atoms with van der Waals surface area (Å²) >= 11 is 0. The zero-order chi connectivity index (χ0) is 14.7. The molecule has 0 saturated heterocycles. The Balaban J connectivity index is 2.17. The number of fused-ring (bicyclic) bond motifs is 1. The van der Waals surface area contributed by atoms with E-state index < -0.39 is 0 Å². The SMILES string of the molecule is COc1cncc(-n2c(CCCO)nc3ccccc32)c1. The minimum absolute atomic E-state index is 0.152. The molecule has 0 fully saturated rings. The third-order valence-electron chi connectivity index (χ3n) is 3.38. The number of methoxy groups -OCH3 is 1. The molecule has 0 aliphatic carbocycles. The van der Waals surface area contributed by atoms with Gasteiger partial charge in [-0.05, 0) is 18.6 Å². The molecule has 5 heteroatoms. The van der Waals surface area contributed by atoms with Crippen LogP contribution >= 0.6 is 0 Å². The van der Waals surface area contributed by atoms with Gasteiger partial charge in [0.25, 0.3) is 0 Å². The molecule has 0 atom stereocenters. The van der Waals surface area contributed by atoms with Gasteiger partial charge in [0, 0.05) is 19.1 Å². The first-order valence-electron chi connectivity index (χ1n) is 6.90. The minimum atomic E-state index is 0.152. The molecule has 0 bridgehead atoms. The van der Waals surface area contributed by atoms with Gasteiger partial charge in [0.1, 0.15) is 11.6 Å². The number of aliphatic hydroxyl groups is 1. The lowest BCUT2D eigenvalue weighted by Crippen LogP contribution is -2.03. The number of rotatable bonds is 5. The quantitative estimate of drug-likeness (QED) is 0.781. The Morgan fingerprint density at radius 3 is 2.90 bits per heavy atom. The molecule has 0 aliphatic rings. The number of benzene rings is 1. The number of aliphatic hydroxyl groups excluding tert-OH is 1. The smallest absolute Gasteiger partial charge is 0.139 e. The highest BCUT2D eigenvalue weighted by atomic mass is 16.5. The van der Waals surface area contributed by atoms with Crippen molar-refractivity contribution in [2.24, 2.45) is 0 Å². The first-order chi connectivity index (χ1) is 10.3. The molecule has 3 rings (SSSR count). The lowest BCUT2D eigenvalue weighted by Gasteiger charge is -2.10. The van der Waals surface area contributed by atoms with Gasteiger partial charge in [-0.25, -0.2) is 4.98 Å².